The van der Waals surface area contributed by atoms with Gasteiger partial charge in [-0.25, -0.2) is 14.8 Å². The predicted octanol–water partition coefficient (Wildman–Crippen LogP) is 4.47. The van der Waals surface area contributed by atoms with Crippen LogP contribution in [0.15, 0.2) is 29.1 Å². The van der Waals surface area contributed by atoms with E-state index in [1.807, 2.05) is 31.2 Å². The fourth-order valence-corrected chi connectivity index (χ4v) is 4.37. The molecule has 6 nitrogen and oxygen atoms in total. The first-order valence-corrected chi connectivity index (χ1v) is 9.76. The number of hydrogen-bond donors (Lipinski definition) is 1. The molecule has 0 amide bonds. The highest BCUT2D eigenvalue weighted by Gasteiger charge is 2.20. The van der Waals surface area contributed by atoms with Crippen molar-refractivity contribution in [3.8, 4) is 0 Å². The van der Waals surface area contributed by atoms with Gasteiger partial charge in [0.2, 0.25) is 0 Å². The van der Waals surface area contributed by atoms with E-state index in [2.05, 4.69) is 15.0 Å². The van der Waals surface area contributed by atoms with Crippen molar-refractivity contribution >= 4 is 50.0 Å². The normalized spacial score (nSPS) is 11.3. The number of aryl methyl sites for hydroxylation is 3. The quantitative estimate of drug-likeness (QED) is 0.395. The number of carbonyl (C=O) groups excluding carboxylic acids is 1. The van der Waals surface area contributed by atoms with Gasteiger partial charge >= 0.3 is 5.97 Å². The average molecular weight is 414 g/mol. The van der Waals surface area contributed by atoms with E-state index in [-0.39, 0.29) is 12.2 Å². The number of thiophene rings is 1. The molecule has 1 aromatic carbocycles. The van der Waals surface area contributed by atoms with Crippen LogP contribution in [0.2, 0.25) is 5.15 Å². The summed E-state index contributed by atoms with van der Waals surface area (Å²) in [7, 11) is 0. The molecule has 3 aromatic heterocycles. The molecule has 0 unspecified atom stereocenters. The van der Waals surface area contributed by atoms with Crippen LogP contribution in [0.5, 0.6) is 0 Å². The number of fused-ring (bicyclic) bond motifs is 2. The fourth-order valence-electron chi connectivity index (χ4n) is 3.05. The van der Waals surface area contributed by atoms with Crippen molar-refractivity contribution in [2.24, 2.45) is 0 Å². The Hall–Kier alpha value is -2.77. The van der Waals surface area contributed by atoms with E-state index in [9.17, 15) is 9.59 Å². The fraction of sp³-hybridized carbons (Fsp3) is 0.200. The third-order valence-electron chi connectivity index (χ3n) is 4.46. The lowest BCUT2D eigenvalue weighted by Crippen LogP contribution is -2.10. The molecule has 0 aliphatic heterocycles. The maximum absolute atomic E-state index is 12.6. The minimum absolute atomic E-state index is 0.00895. The number of benzene rings is 1. The van der Waals surface area contributed by atoms with E-state index < -0.39 is 5.97 Å². The van der Waals surface area contributed by atoms with Crippen molar-refractivity contribution in [2.45, 2.75) is 27.4 Å². The van der Waals surface area contributed by atoms with Gasteiger partial charge in [-0.15, -0.1) is 11.3 Å². The van der Waals surface area contributed by atoms with Crippen LogP contribution in [0.25, 0.3) is 21.1 Å². The molecule has 0 spiro atoms. The second-order valence-corrected chi connectivity index (χ2v) is 7.96. The van der Waals surface area contributed by atoms with E-state index in [0.717, 1.165) is 27.8 Å². The number of ether oxygens (including phenoxy) is 1. The Kier molecular flexibility index (Phi) is 4.64. The summed E-state index contributed by atoms with van der Waals surface area (Å²) in [6.07, 6.45) is 0. The Balaban J connectivity index is 1.62. The van der Waals surface area contributed by atoms with Crippen molar-refractivity contribution in [2.75, 3.05) is 0 Å². The smallest absolute Gasteiger partial charge is 0.349 e. The van der Waals surface area contributed by atoms with Gasteiger partial charge in [0.1, 0.15) is 27.3 Å². The van der Waals surface area contributed by atoms with Gasteiger partial charge in [-0.2, -0.15) is 0 Å². The van der Waals surface area contributed by atoms with E-state index in [0.29, 0.717) is 37.2 Å². The number of aromatic amines is 1. The van der Waals surface area contributed by atoms with Gasteiger partial charge < -0.3 is 9.72 Å². The summed E-state index contributed by atoms with van der Waals surface area (Å²) >= 11 is 7.41. The molecule has 0 radical (unpaired) electrons. The van der Waals surface area contributed by atoms with E-state index >= 15 is 0 Å². The minimum Gasteiger partial charge on any atom is -0.457 e. The molecule has 3 heterocycles. The van der Waals surface area contributed by atoms with Crippen LogP contribution in [-0.2, 0) is 11.3 Å². The van der Waals surface area contributed by atoms with Crippen molar-refractivity contribution in [1.29, 1.82) is 0 Å². The molecule has 1 N–H and O–H groups in total. The van der Waals surface area contributed by atoms with Gasteiger partial charge in [0.05, 0.1) is 10.9 Å². The summed E-state index contributed by atoms with van der Waals surface area (Å²) in [5, 5.41) is 1.64. The van der Waals surface area contributed by atoms with E-state index in [1.165, 1.54) is 0 Å². The highest BCUT2D eigenvalue weighted by molar-refractivity contribution is 7.20. The van der Waals surface area contributed by atoms with Crippen molar-refractivity contribution in [1.82, 2.24) is 15.0 Å². The van der Waals surface area contributed by atoms with Crippen LogP contribution >= 0.6 is 22.9 Å². The molecular weight excluding hydrogens is 398 g/mol. The monoisotopic (exact) mass is 413 g/mol. The third-order valence-corrected chi connectivity index (χ3v) is 5.96. The Morgan fingerprint density at radius 3 is 2.79 bits per heavy atom. The molecule has 0 atom stereocenters. The summed E-state index contributed by atoms with van der Waals surface area (Å²) in [6.45, 7) is 5.39. The Bertz CT molecular complexity index is 1310. The summed E-state index contributed by atoms with van der Waals surface area (Å²) in [6, 6.07) is 7.76. The van der Waals surface area contributed by atoms with E-state index in [4.69, 9.17) is 16.3 Å². The molecule has 28 heavy (non-hydrogen) atoms. The second-order valence-electron chi connectivity index (χ2n) is 6.60. The number of pyridine rings is 1. The van der Waals surface area contributed by atoms with Gasteiger partial charge in [0.25, 0.3) is 5.56 Å². The maximum Gasteiger partial charge on any atom is 0.349 e. The molecule has 0 aliphatic rings. The number of nitrogens with one attached hydrogen (secondary N) is 1. The number of carbonyl (C=O) groups is 1. The molecule has 4 aromatic rings. The zero-order valence-electron chi connectivity index (χ0n) is 15.4. The summed E-state index contributed by atoms with van der Waals surface area (Å²) in [4.78, 5) is 37.0. The number of aromatic nitrogens is 3. The Morgan fingerprint density at radius 1 is 1.21 bits per heavy atom. The van der Waals surface area contributed by atoms with E-state index in [1.54, 1.807) is 13.8 Å². The molecule has 0 aliphatic carbocycles. The van der Waals surface area contributed by atoms with Crippen LogP contribution < -0.4 is 5.56 Å². The topological polar surface area (TPSA) is 84.9 Å². The lowest BCUT2D eigenvalue weighted by molar-refractivity contribution is 0.0478. The number of halogens is 1. The predicted molar refractivity (Wildman–Crippen MR) is 110 cm³/mol. The van der Waals surface area contributed by atoms with Crippen molar-refractivity contribution in [3.63, 3.8) is 0 Å². The molecule has 0 saturated heterocycles. The van der Waals surface area contributed by atoms with Crippen LogP contribution in [0.1, 0.15) is 32.2 Å². The van der Waals surface area contributed by atoms with Gasteiger partial charge in [0.15, 0.2) is 0 Å². The van der Waals surface area contributed by atoms with Gasteiger partial charge in [-0.1, -0.05) is 23.7 Å². The van der Waals surface area contributed by atoms with Crippen LogP contribution in [0, 0.1) is 20.8 Å². The standard InChI is InChI=1S/C20H16ClN3O3S/c1-9-4-5-12-7-13(17(21)24-14(12)6-9)8-27-20(26)16-10(2)15-18(25)22-11(3)23-19(15)28-16/h4-7H,8H2,1-3H3,(H,22,23,25). The van der Waals surface area contributed by atoms with Crippen molar-refractivity contribution < 1.29 is 9.53 Å². The van der Waals surface area contributed by atoms with Crippen LogP contribution in [0.4, 0.5) is 0 Å². The molecule has 4 rings (SSSR count). The zero-order valence-corrected chi connectivity index (χ0v) is 17.0. The Labute approximate surface area is 169 Å². The Morgan fingerprint density at radius 2 is 2.00 bits per heavy atom. The van der Waals surface area contributed by atoms with Crippen LogP contribution in [0.3, 0.4) is 0 Å². The van der Waals surface area contributed by atoms with Gasteiger partial charge in [-0.3, -0.25) is 4.79 Å². The molecule has 0 fully saturated rings. The second kappa shape index (κ2) is 7.00. The maximum atomic E-state index is 12.6. The molecule has 8 heteroatoms. The highest BCUT2D eigenvalue weighted by Crippen LogP contribution is 2.28. The average Bonchev–Trinajstić information content (AvgIpc) is 2.96. The lowest BCUT2D eigenvalue weighted by atomic mass is 10.1. The summed E-state index contributed by atoms with van der Waals surface area (Å²) in [5.41, 5.74) is 2.82. The zero-order chi connectivity index (χ0) is 20.0. The first-order valence-electron chi connectivity index (χ1n) is 8.56. The van der Waals surface area contributed by atoms with Gasteiger partial charge in [-0.05, 0) is 44.0 Å². The van der Waals surface area contributed by atoms with Gasteiger partial charge in [0, 0.05) is 10.9 Å². The number of hydrogen-bond acceptors (Lipinski definition) is 6. The number of H-pyrrole nitrogens is 1. The third kappa shape index (κ3) is 3.27. The number of esters is 1. The summed E-state index contributed by atoms with van der Waals surface area (Å²) in [5.74, 6) is -0.0134. The summed E-state index contributed by atoms with van der Waals surface area (Å²) < 4.78 is 5.46. The molecule has 0 saturated carbocycles. The molecule has 142 valence electrons. The first-order chi connectivity index (χ1) is 13.3. The van der Waals surface area contributed by atoms with Crippen LogP contribution in [-0.4, -0.2) is 20.9 Å². The number of rotatable bonds is 3. The number of nitrogens with zero attached hydrogens (tertiary/aromatic N) is 2. The first kappa shape index (κ1) is 18.6. The highest BCUT2D eigenvalue weighted by atomic mass is 35.5. The largest absolute Gasteiger partial charge is 0.457 e. The molecular formula is C20H16ClN3O3S. The lowest BCUT2D eigenvalue weighted by Gasteiger charge is -2.08. The molecule has 0 bridgehead atoms. The SMILES string of the molecule is Cc1ccc2cc(COC(=O)c3sc4nc(C)[nH]c(=O)c4c3C)c(Cl)nc2c1. The van der Waals surface area contributed by atoms with Crippen molar-refractivity contribution in [3.05, 3.63) is 67.2 Å². The minimum atomic E-state index is -0.516.